The Morgan fingerprint density at radius 2 is 2.07 bits per heavy atom. The van der Waals surface area contributed by atoms with E-state index in [2.05, 4.69) is 42.3 Å². The van der Waals surface area contributed by atoms with Crippen LogP contribution in [0, 0.1) is 12.1 Å². The molecule has 0 fully saturated rings. The summed E-state index contributed by atoms with van der Waals surface area (Å²) in [6.45, 7) is 0.603. The first-order valence-corrected chi connectivity index (χ1v) is 9.67. The van der Waals surface area contributed by atoms with Crippen LogP contribution in [0.25, 0.3) is 22.8 Å². The Bertz CT molecular complexity index is 1360. The monoisotopic (exact) mass is 412 g/mol. The van der Waals surface area contributed by atoms with Crippen LogP contribution in [0.2, 0.25) is 5.02 Å². The second kappa shape index (κ2) is 6.54. The Morgan fingerprint density at radius 1 is 1.10 bits per heavy atom. The summed E-state index contributed by atoms with van der Waals surface area (Å²) in [5.41, 5.74) is 6.31. The fourth-order valence-electron chi connectivity index (χ4n) is 3.73. The van der Waals surface area contributed by atoms with Crippen molar-refractivity contribution in [1.29, 1.82) is 0 Å². The van der Waals surface area contributed by atoms with E-state index >= 15 is 0 Å². The molecule has 3 aromatic heterocycles. The topological polar surface area (TPSA) is 79.2 Å². The van der Waals surface area contributed by atoms with Gasteiger partial charge in [-0.2, -0.15) is 0 Å². The summed E-state index contributed by atoms with van der Waals surface area (Å²) in [5.74, 6) is 0. The molecule has 6 rings (SSSR count). The van der Waals surface area contributed by atoms with Gasteiger partial charge in [-0.3, -0.25) is 4.57 Å². The Kier molecular flexibility index (Phi) is 3.69. The molecule has 144 valence electrons. The number of benzene rings is 1. The lowest BCUT2D eigenvalue weighted by Crippen LogP contribution is -2.03. The molecule has 9 heteroatoms. The number of hydrogen-bond donors (Lipinski definition) is 0. The van der Waals surface area contributed by atoms with E-state index in [1.54, 1.807) is 17.2 Å². The third kappa shape index (κ3) is 2.68. The lowest BCUT2D eigenvalue weighted by molar-refractivity contribution is 0.650. The second-order valence-corrected chi connectivity index (χ2v) is 7.44. The first-order valence-electron chi connectivity index (χ1n) is 9.29. The minimum absolute atomic E-state index is 0.602. The van der Waals surface area contributed by atoms with Gasteiger partial charge in [0, 0.05) is 11.4 Å². The summed E-state index contributed by atoms with van der Waals surface area (Å²) in [6, 6.07) is 17.3. The lowest BCUT2D eigenvalue weighted by Gasteiger charge is -2.10. The van der Waals surface area contributed by atoms with Crippen molar-refractivity contribution in [2.45, 2.75) is 13.0 Å². The second-order valence-electron chi connectivity index (χ2n) is 7.00. The first-order chi connectivity index (χ1) is 14.8. The van der Waals surface area contributed by atoms with Crippen LogP contribution in [0.15, 0.2) is 55.1 Å². The van der Waals surface area contributed by atoms with E-state index in [0.29, 0.717) is 23.7 Å². The standard InChI is InChI=1S/C21H13ClN8/c22-15-6-7-18-19(8-15)30-16(10-24-26-30)9-20-21(23-13-29(18)20)17-12-28(27-25-17)11-14-4-2-1-3-5-14/h2,4-8,10,12-13H,9,11H2. The molecule has 0 radical (unpaired) electrons. The molecule has 30 heavy (non-hydrogen) atoms. The van der Waals surface area contributed by atoms with Gasteiger partial charge in [-0.05, 0) is 42.0 Å². The van der Waals surface area contributed by atoms with Gasteiger partial charge in [-0.1, -0.05) is 34.2 Å². The number of hydrogen-bond acceptors (Lipinski definition) is 5. The summed E-state index contributed by atoms with van der Waals surface area (Å²) in [7, 11) is 0. The van der Waals surface area contributed by atoms with Gasteiger partial charge in [0.2, 0.25) is 0 Å². The number of nitrogens with zero attached hydrogens (tertiary/aromatic N) is 8. The van der Waals surface area contributed by atoms with Crippen molar-refractivity contribution in [2.24, 2.45) is 0 Å². The maximum Gasteiger partial charge on any atom is 0.133 e. The summed E-state index contributed by atoms with van der Waals surface area (Å²) in [6.07, 6.45) is 6.07. The molecule has 1 aliphatic rings. The number of aromatic nitrogens is 8. The molecule has 8 nitrogen and oxygen atoms in total. The molecule has 0 aliphatic carbocycles. The van der Waals surface area contributed by atoms with Gasteiger partial charge in [0.15, 0.2) is 0 Å². The molecule has 0 saturated heterocycles. The third-order valence-corrected chi connectivity index (χ3v) is 5.34. The van der Waals surface area contributed by atoms with E-state index in [1.165, 1.54) is 0 Å². The van der Waals surface area contributed by atoms with Gasteiger partial charge in [0.25, 0.3) is 0 Å². The Morgan fingerprint density at radius 3 is 2.97 bits per heavy atom. The minimum atomic E-state index is 0.602. The van der Waals surface area contributed by atoms with Gasteiger partial charge >= 0.3 is 0 Å². The van der Waals surface area contributed by atoms with E-state index in [0.717, 1.165) is 34.0 Å². The van der Waals surface area contributed by atoms with Crippen molar-refractivity contribution in [3.05, 3.63) is 89.2 Å². The highest BCUT2D eigenvalue weighted by Gasteiger charge is 2.25. The molecule has 0 N–H and O–H groups in total. The van der Waals surface area contributed by atoms with Crippen molar-refractivity contribution < 1.29 is 0 Å². The highest BCUT2D eigenvalue weighted by molar-refractivity contribution is 6.30. The quantitative estimate of drug-likeness (QED) is 0.446. The van der Waals surface area contributed by atoms with Crippen LogP contribution in [0.3, 0.4) is 0 Å². The van der Waals surface area contributed by atoms with Crippen LogP contribution in [0.1, 0.15) is 17.0 Å². The first kappa shape index (κ1) is 16.9. The molecular formula is C21H13ClN8. The predicted molar refractivity (Wildman–Crippen MR) is 109 cm³/mol. The molecule has 0 amide bonds. The van der Waals surface area contributed by atoms with Gasteiger partial charge in [0.1, 0.15) is 17.7 Å². The van der Waals surface area contributed by atoms with E-state index in [-0.39, 0.29) is 0 Å². The maximum atomic E-state index is 6.25. The van der Waals surface area contributed by atoms with Crippen LogP contribution in [-0.2, 0) is 13.0 Å². The fourth-order valence-corrected chi connectivity index (χ4v) is 3.90. The largest absolute Gasteiger partial charge is 0.300 e. The molecule has 0 spiro atoms. The molecule has 0 atom stereocenters. The van der Waals surface area contributed by atoms with E-state index in [9.17, 15) is 0 Å². The smallest absolute Gasteiger partial charge is 0.133 e. The number of rotatable bonds is 3. The van der Waals surface area contributed by atoms with Crippen molar-refractivity contribution in [3.63, 3.8) is 0 Å². The number of halogens is 1. The summed E-state index contributed by atoms with van der Waals surface area (Å²) < 4.78 is 5.66. The van der Waals surface area contributed by atoms with Crippen molar-refractivity contribution in [2.75, 3.05) is 0 Å². The molecule has 0 bridgehead atoms. The van der Waals surface area contributed by atoms with Crippen LogP contribution in [0.4, 0.5) is 0 Å². The minimum Gasteiger partial charge on any atom is -0.300 e. The maximum absolute atomic E-state index is 6.25. The van der Waals surface area contributed by atoms with Crippen LogP contribution < -0.4 is 0 Å². The predicted octanol–water partition coefficient (Wildman–Crippen LogP) is 2.92. The average molecular weight is 413 g/mol. The molecule has 0 saturated carbocycles. The van der Waals surface area contributed by atoms with Gasteiger partial charge in [-0.15, -0.1) is 10.2 Å². The van der Waals surface area contributed by atoms with E-state index in [4.69, 9.17) is 11.6 Å². The molecule has 1 aliphatic heterocycles. The molecule has 2 aromatic carbocycles. The zero-order valence-corrected chi connectivity index (χ0v) is 16.3. The van der Waals surface area contributed by atoms with Gasteiger partial charge in [-0.25, -0.2) is 14.3 Å². The summed E-state index contributed by atoms with van der Waals surface area (Å²) in [5, 5.41) is 17.6. The van der Waals surface area contributed by atoms with Gasteiger partial charge < -0.3 is 0 Å². The number of imidazole rings is 1. The lowest BCUT2D eigenvalue weighted by atomic mass is 10.1. The van der Waals surface area contributed by atoms with Crippen molar-refractivity contribution in [1.82, 2.24) is 39.5 Å². The van der Waals surface area contributed by atoms with Crippen LogP contribution >= 0.6 is 11.6 Å². The summed E-state index contributed by atoms with van der Waals surface area (Å²) >= 11 is 6.25. The molecule has 5 aromatic rings. The Labute approximate surface area is 176 Å². The Balaban J connectivity index is 1.45. The highest BCUT2D eigenvalue weighted by atomic mass is 35.5. The SMILES string of the molecule is Clc1ccc2c(c1)-n1nncc1Cc1c(-c3cn(Cc4cc#ccc4)nn3)ncn1-2. The van der Waals surface area contributed by atoms with Gasteiger partial charge in [0.05, 0.1) is 41.7 Å². The van der Waals surface area contributed by atoms with E-state index in [1.807, 2.05) is 47.3 Å². The van der Waals surface area contributed by atoms with E-state index < -0.39 is 0 Å². The number of fused-ring (bicyclic) bond motifs is 5. The van der Waals surface area contributed by atoms with Crippen molar-refractivity contribution >= 4 is 11.6 Å². The Hall–Kier alpha value is -3.96. The normalized spacial score (nSPS) is 11.9. The van der Waals surface area contributed by atoms with Crippen LogP contribution in [-0.4, -0.2) is 39.5 Å². The molecular weight excluding hydrogens is 400 g/mol. The third-order valence-electron chi connectivity index (χ3n) is 5.11. The molecule has 4 heterocycles. The zero-order valence-electron chi connectivity index (χ0n) is 15.6. The summed E-state index contributed by atoms with van der Waals surface area (Å²) in [4.78, 5) is 4.66. The highest BCUT2D eigenvalue weighted by Crippen LogP contribution is 2.33. The fraction of sp³-hybridized carbons (Fsp3) is 0.0952. The molecule has 0 unspecified atom stereocenters. The van der Waals surface area contributed by atoms with Crippen LogP contribution in [0.5, 0.6) is 0 Å². The zero-order chi connectivity index (χ0) is 20.1. The van der Waals surface area contributed by atoms with Crippen molar-refractivity contribution in [3.8, 4) is 22.8 Å². The average Bonchev–Trinajstić information content (AvgIpc) is 3.48.